The van der Waals surface area contributed by atoms with E-state index in [2.05, 4.69) is 252 Å². The van der Waals surface area contributed by atoms with Crippen molar-refractivity contribution >= 4 is 72.4 Å². The van der Waals surface area contributed by atoms with Crippen LogP contribution >= 0.6 is 0 Å². The van der Waals surface area contributed by atoms with Crippen LogP contribution in [0.5, 0.6) is 0 Å². The minimum absolute atomic E-state index is 0.678. The summed E-state index contributed by atoms with van der Waals surface area (Å²) >= 11 is 0. The molecule has 63 heavy (non-hydrogen) atoms. The van der Waals surface area contributed by atoms with Gasteiger partial charge in [-0.2, -0.15) is 0 Å². The predicted octanol–water partition coefficient (Wildman–Crippen LogP) is 11.4. The van der Waals surface area contributed by atoms with Gasteiger partial charge in [0.25, 0.3) is 0 Å². The van der Waals surface area contributed by atoms with Gasteiger partial charge in [-0.25, -0.2) is 9.97 Å². The van der Waals surface area contributed by atoms with Gasteiger partial charge in [0.15, 0.2) is 13.9 Å². The second-order valence-corrected chi connectivity index (χ2v) is 20.0. The van der Waals surface area contributed by atoms with Crippen molar-refractivity contribution in [3.05, 3.63) is 243 Å². The van der Waals surface area contributed by atoms with E-state index in [1.165, 1.54) is 53.3 Å². The Morgan fingerprint density at radius 3 is 1.27 bits per heavy atom. The first-order valence-corrected chi connectivity index (χ1v) is 23.5. The maximum Gasteiger partial charge on any atom is 0.179 e. The molecule has 3 aromatic heterocycles. The van der Waals surface area contributed by atoms with E-state index in [9.17, 15) is 0 Å². The maximum absolute atomic E-state index is 5.45. The third-order valence-electron chi connectivity index (χ3n) is 12.7. The molecule has 0 bridgehead atoms. The van der Waals surface area contributed by atoms with Crippen LogP contribution in [-0.2, 0) is 0 Å². The number of nitrogens with zero attached hydrogens (tertiary/aromatic N) is 4. The van der Waals surface area contributed by atoms with Crippen LogP contribution < -0.4 is 20.7 Å². The van der Waals surface area contributed by atoms with Gasteiger partial charge < -0.3 is 4.57 Å². The van der Waals surface area contributed by atoms with Gasteiger partial charge in [0.2, 0.25) is 0 Å². The zero-order chi connectivity index (χ0) is 41.7. The smallest absolute Gasteiger partial charge is 0.179 e. The molecule has 0 aliphatic rings. The number of rotatable bonds is 8. The minimum atomic E-state index is -2.71. The first-order valence-electron chi connectivity index (χ1n) is 21.5. The summed E-state index contributed by atoms with van der Waals surface area (Å²) in [5.74, 6) is 1.50. The van der Waals surface area contributed by atoms with Crippen LogP contribution in [0.3, 0.4) is 0 Å². The summed E-state index contributed by atoms with van der Waals surface area (Å²) in [6.07, 6.45) is 0. The summed E-state index contributed by atoms with van der Waals surface area (Å²) in [7, 11) is -2.71. The van der Waals surface area contributed by atoms with Crippen LogP contribution in [0, 0.1) is 0 Å². The third-order valence-corrected chi connectivity index (χ3v) is 17.5. The Bertz CT molecular complexity index is 3450. The van der Waals surface area contributed by atoms with E-state index in [-0.39, 0.29) is 0 Å². The number of para-hydroxylation sites is 3. The molecule has 0 spiro atoms. The third kappa shape index (κ3) is 5.97. The van der Waals surface area contributed by atoms with Crippen molar-refractivity contribution in [3.8, 4) is 34.2 Å². The average molecular weight is 821 g/mol. The molecule has 0 fully saturated rings. The Morgan fingerprint density at radius 2 is 0.730 bits per heavy atom. The van der Waals surface area contributed by atoms with Crippen LogP contribution in [0.1, 0.15) is 0 Å². The quantitative estimate of drug-likeness (QED) is 0.113. The molecule has 0 aliphatic heterocycles. The first kappa shape index (κ1) is 36.7. The molecule has 0 saturated carbocycles. The summed E-state index contributed by atoms with van der Waals surface area (Å²) in [6, 6.07) is 87.7. The number of aromatic nitrogens is 4. The molecule has 0 aliphatic carbocycles. The highest BCUT2D eigenvalue weighted by Gasteiger charge is 2.41. The second kappa shape index (κ2) is 15.1. The van der Waals surface area contributed by atoms with Crippen molar-refractivity contribution in [2.75, 3.05) is 0 Å². The molecular formula is C58H40N4Si. The molecule has 0 atom stereocenters. The van der Waals surface area contributed by atoms with Gasteiger partial charge in [-0.1, -0.05) is 200 Å². The largest absolute Gasteiger partial charge is 0.309 e. The van der Waals surface area contributed by atoms with E-state index in [0.717, 1.165) is 39.4 Å². The lowest BCUT2D eigenvalue weighted by Gasteiger charge is -2.34. The molecule has 12 rings (SSSR count). The summed E-state index contributed by atoms with van der Waals surface area (Å²) < 4.78 is 4.70. The Balaban J connectivity index is 1.05. The number of fused-ring (bicyclic) bond motifs is 6. The van der Waals surface area contributed by atoms with Gasteiger partial charge in [-0.3, -0.25) is 4.57 Å². The van der Waals surface area contributed by atoms with Crippen LogP contribution in [0.25, 0.3) is 77.8 Å². The van der Waals surface area contributed by atoms with Crippen LogP contribution in [-0.4, -0.2) is 27.2 Å². The fourth-order valence-electron chi connectivity index (χ4n) is 9.92. The zero-order valence-corrected chi connectivity index (χ0v) is 35.4. The molecule has 0 radical (unpaired) electrons. The van der Waals surface area contributed by atoms with E-state index in [1.807, 2.05) is 0 Å². The normalized spacial score (nSPS) is 11.8. The predicted molar refractivity (Wildman–Crippen MR) is 265 cm³/mol. The lowest BCUT2D eigenvalue weighted by atomic mass is 10.1. The van der Waals surface area contributed by atoms with Crippen molar-refractivity contribution in [1.82, 2.24) is 19.1 Å². The molecule has 0 unspecified atom stereocenters. The van der Waals surface area contributed by atoms with Gasteiger partial charge in [-0.15, -0.1) is 0 Å². The van der Waals surface area contributed by atoms with Crippen molar-refractivity contribution in [3.63, 3.8) is 0 Å². The first-order chi connectivity index (χ1) is 31.3. The van der Waals surface area contributed by atoms with Gasteiger partial charge >= 0.3 is 0 Å². The van der Waals surface area contributed by atoms with Crippen LogP contribution in [0.2, 0.25) is 0 Å². The van der Waals surface area contributed by atoms with Gasteiger partial charge in [0.1, 0.15) is 5.82 Å². The van der Waals surface area contributed by atoms with Crippen LogP contribution in [0.15, 0.2) is 243 Å². The van der Waals surface area contributed by atoms with Crippen molar-refractivity contribution in [2.45, 2.75) is 0 Å². The summed E-state index contributed by atoms with van der Waals surface area (Å²) in [5, 5.41) is 10.2. The number of hydrogen-bond acceptors (Lipinski definition) is 2. The Labute approximate surface area is 366 Å². The van der Waals surface area contributed by atoms with Gasteiger partial charge in [0, 0.05) is 44.4 Å². The highest BCUT2D eigenvalue weighted by atomic mass is 28.3. The molecule has 4 nitrogen and oxygen atoms in total. The fraction of sp³-hybridized carbons (Fsp3) is 0. The number of hydrogen-bond donors (Lipinski definition) is 0. The molecule has 3 heterocycles. The van der Waals surface area contributed by atoms with Gasteiger partial charge in [0.05, 0.1) is 27.8 Å². The van der Waals surface area contributed by atoms with E-state index in [1.54, 1.807) is 0 Å². The molecule has 296 valence electrons. The molecule has 5 heteroatoms. The molecule has 0 N–H and O–H groups in total. The van der Waals surface area contributed by atoms with E-state index < -0.39 is 8.07 Å². The number of benzene rings is 9. The monoisotopic (exact) mass is 820 g/mol. The minimum Gasteiger partial charge on any atom is -0.309 e. The maximum atomic E-state index is 5.45. The van der Waals surface area contributed by atoms with E-state index in [0.29, 0.717) is 5.82 Å². The lowest BCUT2D eigenvalue weighted by molar-refractivity contribution is 1.05. The standard InChI is InChI=1S/C58H40N4Si/c1-5-19-41(20-6-1)52-40-57(62-55-32-18-15-29-50(55)51-39-43(35-38-56(51)62)61-53-30-16-13-27-48(53)49-28-14-17-31-54(49)61)60-58(59-52)42-33-36-47(37-34-42)63(44-21-7-2-8-22-44,45-23-9-3-10-24-45)46-25-11-4-12-26-46/h1-40H. The topological polar surface area (TPSA) is 35.6 Å². The highest BCUT2D eigenvalue weighted by Crippen LogP contribution is 2.37. The summed E-state index contributed by atoms with van der Waals surface area (Å²) in [4.78, 5) is 10.7. The highest BCUT2D eigenvalue weighted by molar-refractivity contribution is 7.19. The van der Waals surface area contributed by atoms with Crippen LogP contribution in [0.4, 0.5) is 0 Å². The molecule has 0 saturated heterocycles. The van der Waals surface area contributed by atoms with Crippen molar-refractivity contribution < 1.29 is 0 Å². The second-order valence-electron chi connectivity index (χ2n) is 16.2. The lowest BCUT2D eigenvalue weighted by Crippen LogP contribution is -2.74. The van der Waals surface area contributed by atoms with E-state index in [4.69, 9.17) is 9.97 Å². The summed E-state index contributed by atoms with van der Waals surface area (Å²) in [5.41, 5.74) is 8.56. The zero-order valence-electron chi connectivity index (χ0n) is 34.4. The average Bonchev–Trinajstić information content (AvgIpc) is 3.88. The Morgan fingerprint density at radius 1 is 0.302 bits per heavy atom. The van der Waals surface area contributed by atoms with Gasteiger partial charge in [-0.05, 0) is 57.1 Å². The summed E-state index contributed by atoms with van der Waals surface area (Å²) in [6.45, 7) is 0. The van der Waals surface area contributed by atoms with E-state index >= 15 is 0 Å². The Hall–Kier alpha value is -8.12. The van der Waals surface area contributed by atoms with Crippen molar-refractivity contribution in [2.24, 2.45) is 0 Å². The van der Waals surface area contributed by atoms with Crippen molar-refractivity contribution in [1.29, 1.82) is 0 Å². The molecule has 9 aromatic carbocycles. The molecule has 0 amide bonds. The molecule has 12 aromatic rings. The Kier molecular flexibility index (Phi) is 8.80. The molecular weight excluding hydrogens is 781 g/mol. The SMILES string of the molecule is c1ccc(-c2cc(-n3c4ccccc4c4cc(-n5c6ccccc6c6ccccc65)ccc43)nc(-c3ccc([Si](c4ccccc4)(c4ccccc4)c4ccccc4)cc3)n2)cc1. The fourth-order valence-corrected chi connectivity index (χ4v) is 14.7.